The molecule has 0 N–H and O–H groups in total. The molecule has 2 aliphatic heterocycles. The van der Waals surface area contributed by atoms with Crippen LogP contribution < -0.4 is 20.3 Å². The highest BCUT2D eigenvalue weighted by atomic mass is 16.5. The zero-order valence-electron chi connectivity index (χ0n) is 26.2. The summed E-state index contributed by atoms with van der Waals surface area (Å²) in [6, 6.07) is 41.8. The molecule has 2 aliphatic rings. The average Bonchev–Trinajstić information content (AvgIpc) is 3.16. The van der Waals surface area contributed by atoms with Crippen molar-refractivity contribution in [3.8, 4) is 67.9 Å². The van der Waals surface area contributed by atoms with Crippen LogP contribution in [0.3, 0.4) is 0 Å². The van der Waals surface area contributed by atoms with Crippen LogP contribution in [0.2, 0.25) is 0 Å². The molecule has 234 valence electrons. The molecular formula is C44H22O6. The van der Waals surface area contributed by atoms with E-state index in [9.17, 15) is 9.59 Å². The van der Waals surface area contributed by atoms with E-state index in [1.165, 1.54) is 12.1 Å². The fourth-order valence-electron chi connectivity index (χ4n) is 7.63. The summed E-state index contributed by atoms with van der Waals surface area (Å²) < 4.78 is 26.0. The molecule has 0 bridgehead atoms. The second-order valence-corrected chi connectivity index (χ2v) is 12.7. The second kappa shape index (κ2) is 9.81. The fraction of sp³-hybridized carbons (Fsp3) is 0. The van der Waals surface area contributed by atoms with Crippen molar-refractivity contribution in [2.45, 2.75) is 0 Å². The minimum absolute atomic E-state index is 0.142. The standard InChI is InChI=1S/C44H22O6/c45-31-21-35(23-9-3-1-4-10-23)49-37-19-29-39(17-27(31)37)47-33-15-16-34-44-42(26-14-8-7-13-25(26)41(29)43(33)44)30-20-38-28(18-40(30)48-34)32(46)22-36(50-38)24-11-5-2-6-12-24/h1-22H. The highest BCUT2D eigenvalue weighted by Gasteiger charge is 2.32. The van der Waals surface area contributed by atoms with Gasteiger partial charge < -0.3 is 18.3 Å². The van der Waals surface area contributed by atoms with Gasteiger partial charge in [-0.1, -0.05) is 84.9 Å². The van der Waals surface area contributed by atoms with Gasteiger partial charge in [-0.2, -0.15) is 0 Å². The van der Waals surface area contributed by atoms with Crippen LogP contribution in [0, 0.1) is 0 Å². The third kappa shape index (κ3) is 3.73. The second-order valence-electron chi connectivity index (χ2n) is 12.7. The Labute approximate surface area is 283 Å². The van der Waals surface area contributed by atoms with Crippen LogP contribution in [-0.4, -0.2) is 0 Å². The third-order valence-electron chi connectivity index (χ3n) is 9.85. The Balaban J connectivity index is 1.21. The highest BCUT2D eigenvalue weighted by Crippen LogP contribution is 2.59. The van der Waals surface area contributed by atoms with Crippen molar-refractivity contribution in [2.75, 3.05) is 0 Å². The summed E-state index contributed by atoms with van der Waals surface area (Å²) in [6.45, 7) is 0. The smallest absolute Gasteiger partial charge is 0.193 e. The van der Waals surface area contributed by atoms with Gasteiger partial charge in [-0.15, -0.1) is 0 Å². The number of hydrogen-bond acceptors (Lipinski definition) is 6. The average molecular weight is 647 g/mol. The van der Waals surface area contributed by atoms with E-state index in [0.717, 1.165) is 54.9 Å². The summed E-state index contributed by atoms with van der Waals surface area (Å²) >= 11 is 0. The lowest BCUT2D eigenvalue weighted by molar-refractivity contribution is 0.476. The Kier molecular flexibility index (Phi) is 5.31. The molecule has 50 heavy (non-hydrogen) atoms. The molecule has 6 heteroatoms. The molecule has 0 fully saturated rings. The number of rotatable bonds is 2. The molecule has 7 aromatic carbocycles. The predicted octanol–water partition coefficient (Wildman–Crippen LogP) is 11.1. The summed E-state index contributed by atoms with van der Waals surface area (Å²) in [6.07, 6.45) is 0. The van der Waals surface area contributed by atoms with Gasteiger partial charge in [0.25, 0.3) is 0 Å². The Morgan fingerprint density at radius 3 is 1.24 bits per heavy atom. The number of ether oxygens (including phenoxy) is 2. The van der Waals surface area contributed by atoms with Gasteiger partial charge in [-0.05, 0) is 47.2 Å². The molecule has 2 aromatic heterocycles. The van der Waals surface area contributed by atoms with Crippen molar-refractivity contribution in [3.05, 3.63) is 154 Å². The van der Waals surface area contributed by atoms with Crippen molar-refractivity contribution in [3.63, 3.8) is 0 Å². The van der Waals surface area contributed by atoms with Crippen LogP contribution in [0.15, 0.2) is 152 Å². The maximum Gasteiger partial charge on any atom is 0.193 e. The molecule has 9 aromatic rings. The first kappa shape index (κ1) is 27.1. The number of benzene rings is 7. The Hall–Kier alpha value is -6.92. The molecule has 0 spiro atoms. The van der Waals surface area contributed by atoms with E-state index in [1.54, 1.807) is 12.1 Å². The summed E-state index contributed by atoms with van der Waals surface area (Å²) in [4.78, 5) is 26.8. The van der Waals surface area contributed by atoms with Crippen LogP contribution in [0.4, 0.5) is 0 Å². The van der Waals surface area contributed by atoms with Gasteiger partial charge in [0.05, 0.1) is 10.8 Å². The van der Waals surface area contributed by atoms with Crippen molar-refractivity contribution in [1.29, 1.82) is 0 Å². The largest absolute Gasteiger partial charge is 0.456 e. The van der Waals surface area contributed by atoms with E-state index in [1.807, 2.05) is 97.1 Å². The van der Waals surface area contributed by atoms with Crippen LogP contribution in [0.1, 0.15) is 0 Å². The molecular weight excluding hydrogens is 624 g/mol. The van der Waals surface area contributed by atoms with E-state index in [2.05, 4.69) is 12.1 Å². The van der Waals surface area contributed by atoms with E-state index < -0.39 is 0 Å². The first-order valence-corrected chi connectivity index (χ1v) is 16.3. The van der Waals surface area contributed by atoms with Crippen LogP contribution in [-0.2, 0) is 0 Å². The maximum absolute atomic E-state index is 13.4. The van der Waals surface area contributed by atoms with Crippen molar-refractivity contribution in [2.24, 2.45) is 0 Å². The topological polar surface area (TPSA) is 78.9 Å². The monoisotopic (exact) mass is 646 g/mol. The Morgan fingerprint density at radius 2 is 0.800 bits per heavy atom. The zero-order chi connectivity index (χ0) is 33.1. The highest BCUT2D eigenvalue weighted by molar-refractivity contribution is 6.27. The summed E-state index contributed by atoms with van der Waals surface area (Å²) in [5.74, 6) is 3.48. The van der Waals surface area contributed by atoms with Gasteiger partial charge in [0.1, 0.15) is 45.7 Å². The third-order valence-corrected chi connectivity index (χ3v) is 9.85. The lowest BCUT2D eigenvalue weighted by Gasteiger charge is -2.29. The maximum atomic E-state index is 13.4. The molecule has 0 saturated carbocycles. The van der Waals surface area contributed by atoms with Crippen LogP contribution >= 0.6 is 0 Å². The van der Waals surface area contributed by atoms with Gasteiger partial charge in [0, 0.05) is 56.3 Å². The minimum Gasteiger partial charge on any atom is -0.456 e. The molecule has 0 atom stereocenters. The van der Waals surface area contributed by atoms with Gasteiger partial charge in [-0.3, -0.25) is 9.59 Å². The van der Waals surface area contributed by atoms with Gasteiger partial charge in [0.2, 0.25) is 0 Å². The summed E-state index contributed by atoms with van der Waals surface area (Å²) in [5, 5.41) is 4.70. The van der Waals surface area contributed by atoms with E-state index in [0.29, 0.717) is 56.5 Å². The lowest BCUT2D eigenvalue weighted by Crippen LogP contribution is -2.07. The summed E-state index contributed by atoms with van der Waals surface area (Å²) in [7, 11) is 0. The molecule has 0 aliphatic carbocycles. The number of hydrogen-bond donors (Lipinski definition) is 0. The van der Waals surface area contributed by atoms with E-state index in [-0.39, 0.29) is 10.9 Å². The molecule has 0 radical (unpaired) electrons. The van der Waals surface area contributed by atoms with Crippen LogP contribution in [0.5, 0.6) is 23.0 Å². The Morgan fingerprint density at radius 1 is 0.380 bits per heavy atom. The SMILES string of the molecule is O=c1cc(-c2ccccc2)oc2cc3c(cc12)Oc1ccc2c4c(c5ccccc5c-3c14)-c1cc3oc(-c4ccccc4)cc(=O)c3cc1O2. The van der Waals surface area contributed by atoms with Crippen molar-refractivity contribution < 1.29 is 18.3 Å². The summed E-state index contributed by atoms with van der Waals surface area (Å²) in [5.41, 5.74) is 5.90. The first-order valence-electron chi connectivity index (χ1n) is 16.3. The lowest BCUT2D eigenvalue weighted by atomic mass is 9.82. The Bertz CT molecular complexity index is 2860. The quantitative estimate of drug-likeness (QED) is 0.174. The van der Waals surface area contributed by atoms with Gasteiger partial charge in [-0.25, -0.2) is 0 Å². The molecule has 4 heterocycles. The molecule has 0 amide bonds. The normalized spacial score (nSPS) is 12.5. The molecule has 11 rings (SSSR count). The number of fused-ring (bicyclic) bond motifs is 9. The van der Waals surface area contributed by atoms with Gasteiger partial charge >= 0.3 is 0 Å². The molecule has 0 unspecified atom stereocenters. The van der Waals surface area contributed by atoms with E-state index >= 15 is 0 Å². The zero-order valence-corrected chi connectivity index (χ0v) is 26.2. The van der Waals surface area contributed by atoms with E-state index in [4.69, 9.17) is 18.3 Å². The minimum atomic E-state index is -0.142. The van der Waals surface area contributed by atoms with Crippen molar-refractivity contribution >= 4 is 43.5 Å². The molecule has 0 saturated heterocycles. The fourth-order valence-corrected chi connectivity index (χ4v) is 7.63. The van der Waals surface area contributed by atoms with Gasteiger partial charge in [0.15, 0.2) is 10.9 Å². The first-order chi connectivity index (χ1) is 24.6. The van der Waals surface area contributed by atoms with Crippen molar-refractivity contribution in [1.82, 2.24) is 0 Å². The molecule has 6 nitrogen and oxygen atoms in total. The van der Waals surface area contributed by atoms with Crippen LogP contribution in [0.25, 0.3) is 88.4 Å². The predicted molar refractivity (Wildman–Crippen MR) is 195 cm³/mol.